The molecular formula is C13H26O2. The molecule has 2 heteroatoms. The minimum atomic E-state index is -0.0384. The summed E-state index contributed by atoms with van der Waals surface area (Å²) in [6.07, 6.45) is 10.3. The largest absolute Gasteiger partial charge is 0.466 e. The second kappa shape index (κ2) is 11.5. The van der Waals surface area contributed by atoms with Crippen molar-refractivity contribution in [2.45, 2.75) is 71.6 Å². The number of ether oxygens (including phenoxy) is 1. The summed E-state index contributed by atoms with van der Waals surface area (Å²) in [7, 11) is 0. The van der Waals surface area contributed by atoms with Crippen molar-refractivity contribution < 1.29 is 9.53 Å². The van der Waals surface area contributed by atoms with Gasteiger partial charge >= 0.3 is 5.97 Å². The van der Waals surface area contributed by atoms with Gasteiger partial charge in [0.05, 0.1) is 6.61 Å². The summed E-state index contributed by atoms with van der Waals surface area (Å²) in [6.45, 7) is 4.84. The Balaban J connectivity index is 3.01. The molecule has 0 bridgehead atoms. The molecule has 90 valence electrons. The molecule has 0 unspecified atom stereocenters. The summed E-state index contributed by atoms with van der Waals surface area (Å²) in [5, 5.41) is 0. The van der Waals surface area contributed by atoms with Crippen molar-refractivity contribution in [3.8, 4) is 0 Å². The first kappa shape index (κ1) is 14.5. The highest BCUT2D eigenvalue weighted by molar-refractivity contribution is 5.69. The van der Waals surface area contributed by atoms with E-state index in [-0.39, 0.29) is 5.97 Å². The zero-order valence-electron chi connectivity index (χ0n) is 10.4. The Hall–Kier alpha value is -0.530. The van der Waals surface area contributed by atoms with Crippen molar-refractivity contribution in [3.63, 3.8) is 0 Å². The van der Waals surface area contributed by atoms with Crippen LogP contribution in [-0.4, -0.2) is 12.6 Å². The third-order valence-electron chi connectivity index (χ3n) is 2.47. The van der Waals surface area contributed by atoms with E-state index < -0.39 is 0 Å². The van der Waals surface area contributed by atoms with Crippen molar-refractivity contribution in [1.29, 1.82) is 0 Å². The van der Waals surface area contributed by atoms with E-state index in [9.17, 15) is 4.79 Å². The molecule has 0 aliphatic rings. The Kier molecular flexibility index (Phi) is 11.1. The van der Waals surface area contributed by atoms with E-state index in [1.165, 1.54) is 38.5 Å². The molecule has 15 heavy (non-hydrogen) atoms. The Bertz CT molecular complexity index is 143. The minimum Gasteiger partial charge on any atom is -0.466 e. The monoisotopic (exact) mass is 214 g/mol. The molecule has 0 aliphatic heterocycles. The van der Waals surface area contributed by atoms with Crippen molar-refractivity contribution >= 4 is 5.97 Å². The van der Waals surface area contributed by atoms with Crippen LogP contribution in [0.1, 0.15) is 71.6 Å². The van der Waals surface area contributed by atoms with E-state index in [0.29, 0.717) is 13.0 Å². The van der Waals surface area contributed by atoms with Crippen molar-refractivity contribution in [3.05, 3.63) is 0 Å². The lowest BCUT2D eigenvalue weighted by atomic mass is 10.1. The van der Waals surface area contributed by atoms with Gasteiger partial charge < -0.3 is 4.74 Å². The van der Waals surface area contributed by atoms with Gasteiger partial charge in [-0.05, 0) is 12.8 Å². The second-order valence-electron chi connectivity index (χ2n) is 4.09. The van der Waals surface area contributed by atoms with Crippen LogP contribution in [0.4, 0.5) is 0 Å². The molecule has 0 spiro atoms. The fourth-order valence-corrected chi connectivity index (χ4v) is 1.52. The van der Waals surface area contributed by atoms with Crippen LogP contribution in [0.5, 0.6) is 0 Å². The Morgan fingerprint density at radius 1 is 0.867 bits per heavy atom. The average Bonchev–Trinajstić information content (AvgIpc) is 2.22. The SMILES string of the molecule is CCCCCCCCCOC(=O)CCC. The minimum absolute atomic E-state index is 0.0384. The van der Waals surface area contributed by atoms with Gasteiger partial charge in [-0.2, -0.15) is 0 Å². The van der Waals surface area contributed by atoms with Gasteiger partial charge in [-0.1, -0.05) is 52.4 Å². The molecule has 0 saturated carbocycles. The molecule has 0 rings (SSSR count). The lowest BCUT2D eigenvalue weighted by Crippen LogP contribution is -2.04. The zero-order valence-corrected chi connectivity index (χ0v) is 10.4. The Morgan fingerprint density at radius 2 is 1.47 bits per heavy atom. The third-order valence-corrected chi connectivity index (χ3v) is 2.47. The first-order valence-electron chi connectivity index (χ1n) is 6.46. The molecule has 0 aromatic rings. The smallest absolute Gasteiger partial charge is 0.305 e. The molecule has 0 aromatic carbocycles. The highest BCUT2D eigenvalue weighted by atomic mass is 16.5. The van der Waals surface area contributed by atoms with Crippen LogP contribution in [0.2, 0.25) is 0 Å². The average molecular weight is 214 g/mol. The van der Waals surface area contributed by atoms with E-state index in [2.05, 4.69) is 6.92 Å². The predicted octanol–water partition coefficient (Wildman–Crippen LogP) is 4.08. The van der Waals surface area contributed by atoms with Crippen LogP contribution in [0.3, 0.4) is 0 Å². The molecule has 0 aromatic heterocycles. The summed E-state index contributed by atoms with van der Waals surface area (Å²) < 4.78 is 5.07. The number of carbonyl (C=O) groups excluding carboxylic acids is 1. The van der Waals surface area contributed by atoms with Gasteiger partial charge in [-0.15, -0.1) is 0 Å². The molecule has 0 amide bonds. The van der Waals surface area contributed by atoms with Gasteiger partial charge in [-0.3, -0.25) is 4.79 Å². The number of hydrogen-bond donors (Lipinski definition) is 0. The van der Waals surface area contributed by atoms with Gasteiger partial charge in [0.25, 0.3) is 0 Å². The third kappa shape index (κ3) is 11.4. The topological polar surface area (TPSA) is 26.3 Å². The van der Waals surface area contributed by atoms with E-state index in [0.717, 1.165) is 12.8 Å². The lowest BCUT2D eigenvalue weighted by Gasteiger charge is -2.03. The number of esters is 1. The van der Waals surface area contributed by atoms with Crippen molar-refractivity contribution in [2.24, 2.45) is 0 Å². The molecule has 0 saturated heterocycles. The molecule has 0 N–H and O–H groups in total. The highest BCUT2D eigenvalue weighted by Gasteiger charge is 1.99. The van der Waals surface area contributed by atoms with Gasteiger partial charge in [0.2, 0.25) is 0 Å². The highest BCUT2D eigenvalue weighted by Crippen LogP contribution is 2.07. The summed E-state index contributed by atoms with van der Waals surface area (Å²) in [4.78, 5) is 11.0. The van der Waals surface area contributed by atoms with Crippen LogP contribution < -0.4 is 0 Å². The lowest BCUT2D eigenvalue weighted by molar-refractivity contribution is -0.143. The van der Waals surface area contributed by atoms with Crippen molar-refractivity contribution in [1.82, 2.24) is 0 Å². The van der Waals surface area contributed by atoms with E-state index in [1.807, 2.05) is 6.92 Å². The molecule has 0 radical (unpaired) electrons. The van der Waals surface area contributed by atoms with E-state index >= 15 is 0 Å². The zero-order chi connectivity index (χ0) is 11.4. The molecule has 2 nitrogen and oxygen atoms in total. The summed E-state index contributed by atoms with van der Waals surface area (Å²) >= 11 is 0. The molecular weight excluding hydrogens is 188 g/mol. The summed E-state index contributed by atoms with van der Waals surface area (Å²) in [6, 6.07) is 0. The number of hydrogen-bond acceptors (Lipinski definition) is 2. The predicted molar refractivity (Wildman–Crippen MR) is 63.9 cm³/mol. The molecule has 0 fully saturated rings. The first-order valence-corrected chi connectivity index (χ1v) is 6.46. The van der Waals surface area contributed by atoms with Crippen LogP contribution in [-0.2, 0) is 9.53 Å². The van der Waals surface area contributed by atoms with E-state index in [4.69, 9.17) is 4.74 Å². The van der Waals surface area contributed by atoms with Gasteiger partial charge in [0.15, 0.2) is 0 Å². The fourth-order valence-electron chi connectivity index (χ4n) is 1.52. The quantitative estimate of drug-likeness (QED) is 0.404. The maximum absolute atomic E-state index is 11.0. The van der Waals surface area contributed by atoms with Crippen LogP contribution in [0.25, 0.3) is 0 Å². The standard InChI is InChI=1S/C13H26O2/c1-3-5-6-7-8-9-10-12-15-13(14)11-4-2/h3-12H2,1-2H3. The normalized spacial score (nSPS) is 10.3. The number of carbonyl (C=O) groups is 1. The van der Waals surface area contributed by atoms with E-state index in [1.54, 1.807) is 0 Å². The van der Waals surface area contributed by atoms with Gasteiger partial charge in [-0.25, -0.2) is 0 Å². The van der Waals surface area contributed by atoms with Crippen LogP contribution in [0.15, 0.2) is 0 Å². The molecule has 0 heterocycles. The molecule has 0 atom stereocenters. The molecule has 0 aliphatic carbocycles. The maximum atomic E-state index is 11.0. The number of unbranched alkanes of at least 4 members (excludes halogenated alkanes) is 6. The summed E-state index contributed by atoms with van der Waals surface area (Å²) in [5.74, 6) is -0.0384. The van der Waals surface area contributed by atoms with Gasteiger partial charge in [0.1, 0.15) is 0 Å². The first-order chi connectivity index (χ1) is 7.31. The second-order valence-corrected chi connectivity index (χ2v) is 4.09. The maximum Gasteiger partial charge on any atom is 0.305 e. The van der Waals surface area contributed by atoms with Gasteiger partial charge in [0, 0.05) is 6.42 Å². The Morgan fingerprint density at radius 3 is 2.07 bits per heavy atom. The van der Waals surface area contributed by atoms with Crippen LogP contribution in [0, 0.1) is 0 Å². The Labute approximate surface area is 94.4 Å². The fraction of sp³-hybridized carbons (Fsp3) is 0.923. The van der Waals surface area contributed by atoms with Crippen molar-refractivity contribution in [2.75, 3.05) is 6.61 Å². The summed E-state index contributed by atoms with van der Waals surface area (Å²) in [5.41, 5.74) is 0. The number of rotatable bonds is 10. The van der Waals surface area contributed by atoms with Crippen LogP contribution >= 0.6 is 0 Å².